The molecule has 1 aromatic carbocycles. The van der Waals surface area contributed by atoms with Crippen molar-refractivity contribution in [3.05, 3.63) is 59.5 Å². The van der Waals surface area contributed by atoms with E-state index in [2.05, 4.69) is 0 Å². The molecule has 1 fully saturated rings. The maximum atomic E-state index is 12.9. The number of halogens is 3. The van der Waals surface area contributed by atoms with E-state index in [-0.39, 0.29) is 12.5 Å². The summed E-state index contributed by atoms with van der Waals surface area (Å²) in [6.45, 7) is -1.45. The van der Waals surface area contributed by atoms with Gasteiger partial charge in [0, 0.05) is 18.4 Å². The summed E-state index contributed by atoms with van der Waals surface area (Å²) in [4.78, 5) is 13.4. The quantitative estimate of drug-likeness (QED) is 0.825. The van der Waals surface area contributed by atoms with Gasteiger partial charge in [0.25, 0.3) is 0 Å². The lowest BCUT2D eigenvalue weighted by atomic mass is 10.1. The van der Waals surface area contributed by atoms with Crippen LogP contribution in [0.25, 0.3) is 0 Å². The topological polar surface area (TPSA) is 57.2 Å². The molecule has 1 aliphatic rings. The van der Waals surface area contributed by atoms with E-state index in [0.717, 1.165) is 4.90 Å². The molecular weight excluding hydrogens is 333 g/mol. The van der Waals surface area contributed by atoms with Gasteiger partial charge in [-0.05, 0) is 36.2 Å². The van der Waals surface area contributed by atoms with Crippen LogP contribution in [0.3, 0.4) is 0 Å². The van der Waals surface area contributed by atoms with E-state index in [0.29, 0.717) is 23.3 Å². The van der Waals surface area contributed by atoms with Crippen molar-refractivity contribution in [2.24, 2.45) is 5.92 Å². The zero-order valence-corrected chi connectivity index (χ0v) is 13.2. The number of carbonyl (C=O) groups is 1. The maximum Gasteiger partial charge on any atom is 0.406 e. The fourth-order valence-electron chi connectivity index (χ4n) is 2.85. The van der Waals surface area contributed by atoms with E-state index < -0.39 is 24.5 Å². The highest BCUT2D eigenvalue weighted by molar-refractivity contribution is 5.83. The summed E-state index contributed by atoms with van der Waals surface area (Å²) in [5.74, 6) is -0.530. The second-order valence-electron chi connectivity index (χ2n) is 6.08. The predicted octanol–water partition coefficient (Wildman–Crippen LogP) is 3.85. The normalized spacial score (nSPS) is 19.3. The highest BCUT2D eigenvalue weighted by Gasteiger charge is 2.48. The Morgan fingerprint density at radius 2 is 2.00 bits per heavy atom. The summed E-state index contributed by atoms with van der Waals surface area (Å²) in [5.41, 5.74) is 0.962. The van der Waals surface area contributed by atoms with Crippen molar-refractivity contribution in [2.45, 2.75) is 25.1 Å². The fraction of sp³-hybridized carbons (Fsp3) is 0.333. The average Bonchev–Trinajstić information content (AvgIpc) is 3.18. The van der Waals surface area contributed by atoms with Gasteiger partial charge < -0.3 is 9.32 Å². The lowest BCUT2D eigenvalue weighted by molar-refractivity contribution is -0.163. The molecule has 0 bridgehead atoms. The molecule has 1 saturated carbocycles. The summed E-state index contributed by atoms with van der Waals surface area (Å²) >= 11 is 0. The van der Waals surface area contributed by atoms with Crippen LogP contribution in [0, 0.1) is 17.2 Å². The van der Waals surface area contributed by atoms with Gasteiger partial charge in [-0.25, -0.2) is 0 Å². The van der Waals surface area contributed by atoms with Crippen LogP contribution >= 0.6 is 0 Å². The Morgan fingerprint density at radius 1 is 1.28 bits per heavy atom. The number of rotatable bonds is 5. The van der Waals surface area contributed by atoms with E-state index in [9.17, 15) is 18.0 Å². The first-order valence-corrected chi connectivity index (χ1v) is 7.75. The van der Waals surface area contributed by atoms with Gasteiger partial charge in [0.15, 0.2) is 0 Å². The molecule has 0 radical (unpaired) electrons. The van der Waals surface area contributed by atoms with Crippen molar-refractivity contribution in [1.82, 2.24) is 4.90 Å². The molecule has 1 aromatic heterocycles. The zero-order valence-electron chi connectivity index (χ0n) is 13.2. The first-order valence-electron chi connectivity index (χ1n) is 7.75. The van der Waals surface area contributed by atoms with Gasteiger partial charge >= 0.3 is 6.18 Å². The SMILES string of the molecule is N#Cc1ccc(CN(CC(F)(F)F)C(=O)C2CC2c2ccco2)cc1. The van der Waals surface area contributed by atoms with Gasteiger partial charge in [-0.2, -0.15) is 18.4 Å². The molecule has 2 atom stereocenters. The highest BCUT2D eigenvalue weighted by atomic mass is 19.4. The molecule has 1 heterocycles. The number of furan rings is 1. The Morgan fingerprint density at radius 3 is 2.56 bits per heavy atom. The third-order valence-corrected chi connectivity index (χ3v) is 4.15. The van der Waals surface area contributed by atoms with Gasteiger partial charge in [0.2, 0.25) is 5.91 Å². The molecule has 2 aromatic rings. The van der Waals surface area contributed by atoms with Crippen molar-refractivity contribution in [3.63, 3.8) is 0 Å². The molecule has 4 nitrogen and oxygen atoms in total. The van der Waals surface area contributed by atoms with Crippen molar-refractivity contribution < 1.29 is 22.4 Å². The maximum absolute atomic E-state index is 12.9. The number of carbonyl (C=O) groups excluding carboxylic acids is 1. The Kier molecular flexibility index (Phi) is 4.53. The largest absolute Gasteiger partial charge is 0.469 e. The van der Waals surface area contributed by atoms with Crippen molar-refractivity contribution in [3.8, 4) is 6.07 Å². The van der Waals surface area contributed by atoms with Crippen LogP contribution in [0.15, 0.2) is 47.1 Å². The molecule has 25 heavy (non-hydrogen) atoms. The average molecular weight is 348 g/mol. The van der Waals surface area contributed by atoms with E-state index in [1.165, 1.54) is 18.4 Å². The van der Waals surface area contributed by atoms with Gasteiger partial charge in [-0.1, -0.05) is 12.1 Å². The number of hydrogen-bond acceptors (Lipinski definition) is 3. The molecule has 0 spiro atoms. The molecule has 130 valence electrons. The molecule has 0 aliphatic heterocycles. The minimum Gasteiger partial charge on any atom is -0.469 e. The van der Waals surface area contributed by atoms with Crippen molar-refractivity contribution >= 4 is 5.91 Å². The highest BCUT2D eigenvalue weighted by Crippen LogP contribution is 2.48. The predicted molar refractivity (Wildman–Crippen MR) is 82.2 cm³/mol. The molecule has 0 N–H and O–H groups in total. The molecule has 0 saturated heterocycles. The third-order valence-electron chi connectivity index (χ3n) is 4.15. The summed E-state index contributed by atoms with van der Waals surface area (Å²) in [6.07, 6.45) is -2.50. The molecule has 3 rings (SSSR count). The second-order valence-corrected chi connectivity index (χ2v) is 6.08. The molecule has 7 heteroatoms. The fourth-order valence-corrected chi connectivity index (χ4v) is 2.85. The van der Waals surface area contributed by atoms with E-state index >= 15 is 0 Å². The number of hydrogen-bond donors (Lipinski definition) is 0. The first-order chi connectivity index (χ1) is 11.9. The molecule has 2 unspecified atom stereocenters. The molecular formula is C18H15F3N2O2. The Labute approximate surface area is 142 Å². The Hall–Kier alpha value is -2.75. The smallest absolute Gasteiger partial charge is 0.406 e. The third kappa shape index (κ3) is 4.21. The van der Waals surface area contributed by atoms with Crippen LogP contribution in [0.4, 0.5) is 13.2 Å². The number of benzene rings is 1. The minimum absolute atomic E-state index is 0.147. The summed E-state index contributed by atoms with van der Waals surface area (Å²) in [5, 5.41) is 8.78. The van der Waals surface area contributed by atoms with Crippen molar-refractivity contribution in [2.75, 3.05) is 6.54 Å². The van der Waals surface area contributed by atoms with Crippen LogP contribution in [-0.2, 0) is 11.3 Å². The lowest BCUT2D eigenvalue weighted by Gasteiger charge is -2.24. The molecule has 1 amide bonds. The van der Waals surface area contributed by atoms with Crippen LogP contribution < -0.4 is 0 Å². The monoisotopic (exact) mass is 348 g/mol. The summed E-state index contributed by atoms with van der Waals surface area (Å²) in [6, 6.07) is 11.5. The molecule has 1 aliphatic carbocycles. The van der Waals surface area contributed by atoms with E-state index in [1.54, 1.807) is 24.3 Å². The van der Waals surface area contributed by atoms with E-state index in [1.807, 2.05) is 6.07 Å². The van der Waals surface area contributed by atoms with Crippen LogP contribution in [0.5, 0.6) is 0 Å². The van der Waals surface area contributed by atoms with Gasteiger partial charge in [0.1, 0.15) is 12.3 Å². The number of nitrogens with zero attached hydrogens (tertiary/aromatic N) is 2. The summed E-state index contributed by atoms with van der Waals surface area (Å²) < 4.78 is 43.9. The standard InChI is InChI=1S/C18H15F3N2O2/c19-18(20,21)11-23(10-13-5-3-12(9-22)4-6-13)17(24)15-8-14(15)16-2-1-7-25-16/h1-7,14-15H,8,10-11H2. The van der Waals surface area contributed by atoms with Gasteiger partial charge in [0.05, 0.1) is 17.9 Å². The van der Waals surface area contributed by atoms with Crippen LogP contribution in [-0.4, -0.2) is 23.5 Å². The van der Waals surface area contributed by atoms with Crippen molar-refractivity contribution in [1.29, 1.82) is 5.26 Å². The van der Waals surface area contributed by atoms with Crippen LogP contribution in [0.2, 0.25) is 0 Å². The van der Waals surface area contributed by atoms with E-state index in [4.69, 9.17) is 9.68 Å². The summed E-state index contributed by atoms with van der Waals surface area (Å²) in [7, 11) is 0. The van der Waals surface area contributed by atoms with Crippen LogP contribution in [0.1, 0.15) is 29.2 Å². The minimum atomic E-state index is -4.47. The number of alkyl halides is 3. The Balaban J connectivity index is 1.73. The number of nitriles is 1. The lowest BCUT2D eigenvalue weighted by Crippen LogP contribution is -2.39. The first kappa shape index (κ1) is 17.1. The second kappa shape index (κ2) is 6.63. The zero-order chi connectivity index (χ0) is 18.0. The van der Waals surface area contributed by atoms with Gasteiger partial charge in [-0.3, -0.25) is 4.79 Å². The number of amides is 1. The van der Waals surface area contributed by atoms with Gasteiger partial charge in [-0.15, -0.1) is 0 Å². The Bertz CT molecular complexity index is 776.